The van der Waals surface area contributed by atoms with E-state index in [1.807, 2.05) is 25.5 Å². The molecular formula is C15H27N3O2S. The van der Waals surface area contributed by atoms with E-state index in [9.17, 15) is 8.42 Å². The third-order valence-corrected chi connectivity index (χ3v) is 6.30. The number of nitrogens with one attached hydrogen (secondary N) is 1. The Morgan fingerprint density at radius 2 is 2.10 bits per heavy atom. The molecule has 2 rings (SSSR count). The quantitative estimate of drug-likeness (QED) is 0.904. The number of hydrogen-bond acceptors (Lipinski definition) is 3. The van der Waals surface area contributed by atoms with Crippen molar-refractivity contribution in [2.75, 3.05) is 13.1 Å². The van der Waals surface area contributed by atoms with E-state index in [4.69, 9.17) is 0 Å². The van der Waals surface area contributed by atoms with Gasteiger partial charge in [-0.2, -0.15) is 4.31 Å². The molecule has 1 aromatic heterocycles. The maximum Gasteiger partial charge on any atom is 0.244 e. The van der Waals surface area contributed by atoms with Crippen LogP contribution in [-0.4, -0.2) is 36.4 Å². The van der Waals surface area contributed by atoms with Crippen LogP contribution < -0.4 is 5.32 Å². The summed E-state index contributed by atoms with van der Waals surface area (Å²) >= 11 is 0. The molecule has 2 atom stereocenters. The molecule has 1 aromatic rings. The third-order valence-electron chi connectivity index (χ3n) is 4.32. The van der Waals surface area contributed by atoms with Crippen molar-refractivity contribution >= 4 is 10.0 Å². The number of nitrogens with zero attached hydrogens (tertiary/aromatic N) is 2. The van der Waals surface area contributed by atoms with Crippen LogP contribution in [0.25, 0.3) is 0 Å². The molecule has 0 spiro atoms. The van der Waals surface area contributed by atoms with Gasteiger partial charge in [0.2, 0.25) is 10.0 Å². The molecule has 1 N–H and O–H groups in total. The summed E-state index contributed by atoms with van der Waals surface area (Å²) in [6.45, 7) is 8.43. The van der Waals surface area contributed by atoms with Gasteiger partial charge in [0.1, 0.15) is 4.90 Å². The number of rotatable bonds is 5. The lowest BCUT2D eigenvalue weighted by atomic mass is 9.95. The molecule has 2 unspecified atom stereocenters. The Balaban J connectivity index is 2.23. The highest BCUT2D eigenvalue weighted by Gasteiger charge is 2.33. The summed E-state index contributed by atoms with van der Waals surface area (Å²) in [4.78, 5) is 0.416. The molecule has 0 amide bonds. The van der Waals surface area contributed by atoms with Gasteiger partial charge in [0.05, 0.1) is 0 Å². The summed E-state index contributed by atoms with van der Waals surface area (Å²) < 4.78 is 29.2. The number of sulfonamides is 1. The fourth-order valence-electron chi connectivity index (χ4n) is 3.03. The predicted octanol–water partition coefficient (Wildman–Crippen LogP) is 1.94. The second-order valence-electron chi connectivity index (χ2n) is 6.15. The summed E-state index contributed by atoms with van der Waals surface area (Å²) in [5, 5.41) is 3.24. The van der Waals surface area contributed by atoms with Gasteiger partial charge in [-0.1, -0.05) is 13.8 Å². The normalized spacial score (nSPS) is 24.4. The van der Waals surface area contributed by atoms with Gasteiger partial charge in [-0.15, -0.1) is 0 Å². The zero-order chi connectivity index (χ0) is 15.6. The van der Waals surface area contributed by atoms with Crippen LogP contribution in [0.2, 0.25) is 0 Å². The molecular weight excluding hydrogens is 286 g/mol. The summed E-state index contributed by atoms with van der Waals surface area (Å²) in [7, 11) is -1.48. The van der Waals surface area contributed by atoms with Crippen LogP contribution in [0.4, 0.5) is 0 Å². The van der Waals surface area contributed by atoms with Crippen molar-refractivity contribution in [3.05, 3.63) is 18.0 Å². The molecule has 2 heterocycles. The van der Waals surface area contributed by atoms with Crippen molar-refractivity contribution in [1.82, 2.24) is 14.2 Å². The molecule has 1 fully saturated rings. The molecule has 5 nitrogen and oxygen atoms in total. The zero-order valence-corrected chi connectivity index (χ0v) is 14.3. The van der Waals surface area contributed by atoms with Crippen molar-refractivity contribution in [2.24, 2.45) is 13.0 Å². The fourth-order valence-corrected chi connectivity index (χ4v) is 4.78. The first-order chi connectivity index (χ1) is 9.86. The monoisotopic (exact) mass is 313 g/mol. The van der Waals surface area contributed by atoms with Gasteiger partial charge < -0.3 is 9.88 Å². The Hall–Kier alpha value is -0.850. The topological polar surface area (TPSA) is 54.3 Å². The van der Waals surface area contributed by atoms with Crippen LogP contribution in [0.5, 0.6) is 0 Å². The van der Waals surface area contributed by atoms with Crippen LogP contribution in [0, 0.1) is 5.92 Å². The predicted molar refractivity (Wildman–Crippen MR) is 84.5 cm³/mol. The molecule has 21 heavy (non-hydrogen) atoms. The third kappa shape index (κ3) is 3.49. The average molecular weight is 313 g/mol. The van der Waals surface area contributed by atoms with Crippen molar-refractivity contribution in [3.8, 4) is 0 Å². The van der Waals surface area contributed by atoms with Crippen molar-refractivity contribution in [2.45, 2.75) is 51.1 Å². The lowest BCUT2D eigenvalue weighted by Crippen LogP contribution is -2.43. The van der Waals surface area contributed by atoms with E-state index >= 15 is 0 Å². The molecule has 1 aliphatic heterocycles. The maximum absolute atomic E-state index is 12.8. The first kappa shape index (κ1) is 16.5. The second-order valence-corrected chi connectivity index (χ2v) is 8.04. The molecule has 1 saturated heterocycles. The zero-order valence-electron chi connectivity index (χ0n) is 13.5. The number of hydrogen-bond donors (Lipinski definition) is 1. The molecule has 0 aromatic carbocycles. The Morgan fingerprint density at radius 1 is 1.38 bits per heavy atom. The summed E-state index contributed by atoms with van der Waals surface area (Å²) in [5.74, 6) is 0.603. The Kier molecular flexibility index (Phi) is 5.11. The van der Waals surface area contributed by atoms with Gasteiger partial charge in [0.25, 0.3) is 0 Å². The van der Waals surface area contributed by atoms with Crippen LogP contribution in [0.15, 0.2) is 17.2 Å². The first-order valence-corrected chi connectivity index (χ1v) is 9.18. The molecule has 0 aliphatic carbocycles. The highest BCUT2D eigenvalue weighted by molar-refractivity contribution is 7.89. The van der Waals surface area contributed by atoms with Gasteiger partial charge in [0, 0.05) is 38.1 Å². The fraction of sp³-hybridized carbons (Fsp3) is 0.733. The number of aryl methyl sites for hydroxylation is 1. The lowest BCUT2D eigenvalue weighted by molar-refractivity contribution is 0.220. The van der Waals surface area contributed by atoms with Gasteiger partial charge in [-0.3, -0.25) is 0 Å². The molecule has 0 saturated carbocycles. The number of piperidine rings is 1. The van der Waals surface area contributed by atoms with E-state index in [0.717, 1.165) is 25.1 Å². The van der Waals surface area contributed by atoms with E-state index in [2.05, 4.69) is 12.2 Å². The van der Waals surface area contributed by atoms with Crippen molar-refractivity contribution < 1.29 is 8.42 Å². The largest absolute Gasteiger partial charge is 0.352 e. The van der Waals surface area contributed by atoms with E-state index in [1.54, 1.807) is 16.6 Å². The van der Waals surface area contributed by atoms with Crippen LogP contribution in [-0.2, 0) is 23.6 Å². The van der Waals surface area contributed by atoms with E-state index in [0.29, 0.717) is 23.9 Å². The SMILES string of the molecule is CCNCc1cc(S(=O)(=O)N2CCC(C)CC2C)cn1C. The van der Waals surface area contributed by atoms with Crippen LogP contribution in [0.3, 0.4) is 0 Å². The summed E-state index contributed by atoms with van der Waals surface area (Å²) in [5.41, 5.74) is 0.994. The van der Waals surface area contributed by atoms with Gasteiger partial charge >= 0.3 is 0 Å². The van der Waals surface area contributed by atoms with E-state index in [-0.39, 0.29) is 6.04 Å². The van der Waals surface area contributed by atoms with E-state index < -0.39 is 10.0 Å². The van der Waals surface area contributed by atoms with Gasteiger partial charge in [0.15, 0.2) is 0 Å². The first-order valence-electron chi connectivity index (χ1n) is 7.74. The Morgan fingerprint density at radius 3 is 2.71 bits per heavy atom. The minimum Gasteiger partial charge on any atom is -0.352 e. The smallest absolute Gasteiger partial charge is 0.244 e. The molecule has 120 valence electrons. The number of aromatic nitrogens is 1. The maximum atomic E-state index is 12.8. The van der Waals surface area contributed by atoms with Crippen LogP contribution >= 0.6 is 0 Å². The van der Waals surface area contributed by atoms with Crippen molar-refractivity contribution in [1.29, 1.82) is 0 Å². The van der Waals surface area contributed by atoms with Crippen molar-refractivity contribution in [3.63, 3.8) is 0 Å². The highest BCUT2D eigenvalue weighted by atomic mass is 32.2. The standard InChI is InChI=1S/C15H27N3O2S/c1-5-16-10-14-9-15(11-17(14)4)21(19,20)18-7-6-12(2)8-13(18)3/h9,11-13,16H,5-8,10H2,1-4H3. The molecule has 0 radical (unpaired) electrons. The minimum absolute atomic E-state index is 0.0798. The minimum atomic E-state index is -3.38. The molecule has 6 heteroatoms. The van der Waals surface area contributed by atoms with Crippen LogP contribution in [0.1, 0.15) is 39.3 Å². The molecule has 1 aliphatic rings. The summed E-state index contributed by atoms with van der Waals surface area (Å²) in [6.07, 6.45) is 3.61. The summed E-state index contributed by atoms with van der Waals surface area (Å²) in [6, 6.07) is 1.87. The second kappa shape index (κ2) is 6.50. The van der Waals surface area contributed by atoms with Gasteiger partial charge in [-0.05, 0) is 38.3 Å². The van der Waals surface area contributed by atoms with Gasteiger partial charge in [-0.25, -0.2) is 8.42 Å². The Bertz CT molecular complexity index is 580. The molecule has 0 bridgehead atoms. The highest BCUT2D eigenvalue weighted by Crippen LogP contribution is 2.28. The lowest BCUT2D eigenvalue weighted by Gasteiger charge is -2.35. The Labute approximate surface area is 128 Å². The van der Waals surface area contributed by atoms with E-state index in [1.165, 1.54) is 0 Å². The average Bonchev–Trinajstić information content (AvgIpc) is 2.78.